The highest BCUT2D eigenvalue weighted by Gasteiger charge is 2.30. The van der Waals surface area contributed by atoms with Gasteiger partial charge in [-0.1, -0.05) is 18.2 Å². The Balaban J connectivity index is 1.99. The van der Waals surface area contributed by atoms with Crippen LogP contribution in [-0.2, 0) is 14.8 Å². The highest BCUT2D eigenvalue weighted by Crippen LogP contribution is 2.31. The van der Waals surface area contributed by atoms with Gasteiger partial charge >= 0.3 is 0 Å². The maximum atomic E-state index is 13.3. The number of carbonyl (C=O) groups is 1. The first-order valence-electron chi connectivity index (χ1n) is 9.32. The van der Waals surface area contributed by atoms with E-state index < -0.39 is 16.1 Å². The minimum absolute atomic E-state index is 0.0216. The summed E-state index contributed by atoms with van der Waals surface area (Å²) in [5, 5.41) is 9.32. The van der Waals surface area contributed by atoms with Crippen LogP contribution in [0.15, 0.2) is 47.4 Å². The lowest BCUT2D eigenvalue weighted by Crippen LogP contribution is -2.48. The van der Waals surface area contributed by atoms with E-state index in [-0.39, 0.29) is 29.5 Å². The molecular weight excluding hydrogens is 406 g/mol. The van der Waals surface area contributed by atoms with E-state index in [0.29, 0.717) is 23.6 Å². The molecule has 0 aromatic heterocycles. The average molecular weight is 429 g/mol. The monoisotopic (exact) mass is 429 g/mol. The Bertz CT molecular complexity index is 1090. The van der Waals surface area contributed by atoms with Crippen molar-refractivity contribution in [3.63, 3.8) is 0 Å². The number of sulfonamides is 1. The summed E-state index contributed by atoms with van der Waals surface area (Å²) in [4.78, 5) is 14.5. The van der Waals surface area contributed by atoms with Crippen LogP contribution in [0.5, 0.6) is 5.75 Å². The second-order valence-electron chi connectivity index (χ2n) is 6.84. The zero-order valence-corrected chi connectivity index (χ0v) is 17.8. The normalized spacial score (nSPS) is 16.6. The molecule has 0 saturated carbocycles. The summed E-state index contributed by atoms with van der Waals surface area (Å²) in [6.07, 6.45) is 0. The van der Waals surface area contributed by atoms with E-state index in [1.165, 1.54) is 31.2 Å². The fraction of sp³-hybridized carbons (Fsp3) is 0.333. The minimum Gasteiger partial charge on any atom is -0.495 e. The third-order valence-corrected chi connectivity index (χ3v) is 6.83. The zero-order valence-electron chi connectivity index (χ0n) is 17.0. The van der Waals surface area contributed by atoms with Crippen LogP contribution in [0, 0.1) is 18.3 Å². The van der Waals surface area contributed by atoms with Crippen LogP contribution < -0.4 is 9.04 Å². The van der Waals surface area contributed by atoms with Crippen molar-refractivity contribution in [2.45, 2.75) is 17.9 Å². The van der Waals surface area contributed by atoms with Crippen LogP contribution in [0.4, 0.5) is 5.69 Å². The maximum Gasteiger partial charge on any atom is 0.264 e. The van der Waals surface area contributed by atoms with Crippen molar-refractivity contribution in [2.75, 3.05) is 38.2 Å². The molecule has 158 valence electrons. The second kappa shape index (κ2) is 8.73. The van der Waals surface area contributed by atoms with Crippen molar-refractivity contribution in [3.8, 4) is 11.8 Å². The number of anilines is 1. The Hall–Kier alpha value is -3.09. The summed E-state index contributed by atoms with van der Waals surface area (Å²) in [5.41, 5.74) is 1.25. The van der Waals surface area contributed by atoms with E-state index in [1.54, 1.807) is 37.3 Å². The van der Waals surface area contributed by atoms with Crippen molar-refractivity contribution < 1.29 is 22.7 Å². The molecule has 0 spiro atoms. The van der Waals surface area contributed by atoms with Crippen molar-refractivity contribution in [1.29, 1.82) is 5.26 Å². The number of hydrogen-bond acceptors (Lipinski definition) is 6. The maximum absolute atomic E-state index is 13.3. The lowest BCUT2D eigenvalue weighted by atomic mass is 10.1. The molecule has 0 N–H and O–H groups in total. The molecule has 1 fully saturated rings. The fourth-order valence-electron chi connectivity index (χ4n) is 3.28. The molecule has 30 heavy (non-hydrogen) atoms. The first-order chi connectivity index (χ1) is 14.3. The number of hydrogen-bond donors (Lipinski definition) is 0. The van der Waals surface area contributed by atoms with Gasteiger partial charge in [0.25, 0.3) is 15.9 Å². The Morgan fingerprint density at radius 2 is 2.03 bits per heavy atom. The molecule has 0 aliphatic carbocycles. The van der Waals surface area contributed by atoms with E-state index in [2.05, 4.69) is 6.07 Å². The Morgan fingerprint density at radius 3 is 2.73 bits per heavy atom. The number of morpholine rings is 1. The van der Waals surface area contributed by atoms with Gasteiger partial charge in [0.2, 0.25) is 0 Å². The van der Waals surface area contributed by atoms with Gasteiger partial charge in [0.15, 0.2) is 0 Å². The van der Waals surface area contributed by atoms with Gasteiger partial charge in [0.1, 0.15) is 11.8 Å². The summed E-state index contributed by atoms with van der Waals surface area (Å²) in [5.74, 6) is 0.0245. The SMILES string of the molecule is COc1ccccc1N(C)S(=O)(=O)c1ccc(C)c(C(=O)N2CCOCC2C#N)c1. The number of carbonyl (C=O) groups excluding carboxylic acids is 1. The Kier molecular flexibility index (Phi) is 6.29. The number of aryl methyl sites for hydroxylation is 1. The number of nitrogens with zero attached hydrogens (tertiary/aromatic N) is 3. The lowest BCUT2D eigenvalue weighted by Gasteiger charge is -2.32. The number of rotatable bonds is 5. The number of benzene rings is 2. The molecule has 9 heteroatoms. The summed E-state index contributed by atoms with van der Waals surface area (Å²) in [7, 11) is -1.05. The van der Waals surface area contributed by atoms with Crippen LogP contribution >= 0.6 is 0 Å². The van der Waals surface area contributed by atoms with Crippen molar-refractivity contribution >= 4 is 21.6 Å². The summed E-state index contributed by atoms with van der Waals surface area (Å²) < 4.78 is 38.2. The quantitative estimate of drug-likeness (QED) is 0.722. The second-order valence-corrected chi connectivity index (χ2v) is 8.81. The van der Waals surface area contributed by atoms with Gasteiger partial charge in [-0.15, -0.1) is 0 Å². The molecule has 2 aromatic rings. The lowest BCUT2D eigenvalue weighted by molar-refractivity contribution is 0.0132. The van der Waals surface area contributed by atoms with Crippen LogP contribution in [0.3, 0.4) is 0 Å². The molecular formula is C21H23N3O5S. The first kappa shape index (κ1) is 21.6. The number of methoxy groups -OCH3 is 1. The number of amides is 1. The third-order valence-electron chi connectivity index (χ3n) is 5.06. The number of ether oxygens (including phenoxy) is 2. The summed E-state index contributed by atoms with van der Waals surface area (Å²) in [6, 6.07) is 12.6. The molecule has 8 nitrogen and oxygen atoms in total. The molecule has 1 saturated heterocycles. The van der Waals surface area contributed by atoms with Crippen LogP contribution in [0.2, 0.25) is 0 Å². The van der Waals surface area contributed by atoms with Crippen LogP contribution in [0.25, 0.3) is 0 Å². The molecule has 1 aliphatic rings. The Labute approximate surface area is 176 Å². The van der Waals surface area contributed by atoms with Gasteiger partial charge in [0.05, 0.1) is 37.0 Å². The smallest absolute Gasteiger partial charge is 0.264 e. The largest absolute Gasteiger partial charge is 0.495 e. The van der Waals surface area contributed by atoms with Gasteiger partial charge in [-0.2, -0.15) is 5.26 Å². The van der Waals surface area contributed by atoms with Crippen molar-refractivity contribution in [3.05, 3.63) is 53.6 Å². The molecule has 1 amide bonds. The van der Waals surface area contributed by atoms with Crippen LogP contribution in [-0.4, -0.2) is 59.2 Å². The first-order valence-corrected chi connectivity index (χ1v) is 10.8. The zero-order chi connectivity index (χ0) is 21.9. The van der Waals surface area contributed by atoms with Gasteiger partial charge in [0, 0.05) is 19.2 Å². The van der Waals surface area contributed by atoms with E-state index in [4.69, 9.17) is 9.47 Å². The molecule has 3 rings (SSSR count). The third kappa shape index (κ3) is 3.97. The van der Waals surface area contributed by atoms with Gasteiger partial charge in [-0.25, -0.2) is 8.42 Å². The van der Waals surface area contributed by atoms with Gasteiger partial charge < -0.3 is 14.4 Å². The molecule has 0 radical (unpaired) electrons. The molecule has 1 aliphatic heterocycles. The topological polar surface area (TPSA) is 99.9 Å². The van der Waals surface area contributed by atoms with E-state index in [1.807, 2.05) is 0 Å². The van der Waals surface area contributed by atoms with E-state index in [9.17, 15) is 18.5 Å². The summed E-state index contributed by atoms with van der Waals surface area (Å²) in [6.45, 7) is 2.47. The fourth-order valence-corrected chi connectivity index (χ4v) is 4.51. The van der Waals surface area contributed by atoms with Crippen molar-refractivity contribution in [2.24, 2.45) is 0 Å². The Morgan fingerprint density at radius 1 is 1.30 bits per heavy atom. The van der Waals surface area contributed by atoms with Crippen LogP contribution in [0.1, 0.15) is 15.9 Å². The van der Waals surface area contributed by atoms with Gasteiger partial charge in [-0.3, -0.25) is 9.10 Å². The molecule has 1 unspecified atom stereocenters. The van der Waals surface area contributed by atoms with E-state index in [0.717, 1.165) is 4.31 Å². The number of para-hydroxylation sites is 2. The minimum atomic E-state index is -3.95. The standard InChI is InChI=1S/C21H23N3O5S/c1-15-8-9-17(12-18(15)21(25)24-10-11-29-14-16(24)13-22)30(26,27)23(2)19-6-4-5-7-20(19)28-3/h4-9,12,16H,10-11,14H2,1-3H3. The molecule has 2 aromatic carbocycles. The van der Waals surface area contributed by atoms with Crippen molar-refractivity contribution in [1.82, 2.24) is 4.90 Å². The summed E-state index contributed by atoms with van der Waals surface area (Å²) >= 11 is 0. The predicted octanol–water partition coefficient (Wildman–Crippen LogP) is 2.19. The van der Waals surface area contributed by atoms with E-state index >= 15 is 0 Å². The average Bonchev–Trinajstić information content (AvgIpc) is 2.78. The number of nitriles is 1. The molecule has 1 atom stereocenters. The molecule has 1 heterocycles. The molecule has 0 bridgehead atoms. The highest BCUT2D eigenvalue weighted by molar-refractivity contribution is 7.92. The van der Waals surface area contributed by atoms with Gasteiger partial charge in [-0.05, 0) is 36.8 Å². The predicted molar refractivity (Wildman–Crippen MR) is 111 cm³/mol. The highest BCUT2D eigenvalue weighted by atomic mass is 32.2.